The normalized spacial score (nSPS) is 18.3. The molecule has 1 amide bonds. The van der Waals surface area contributed by atoms with E-state index in [0.717, 1.165) is 42.7 Å². The van der Waals surface area contributed by atoms with Gasteiger partial charge in [0.1, 0.15) is 0 Å². The summed E-state index contributed by atoms with van der Waals surface area (Å²) in [5, 5.41) is 9.46. The smallest absolute Gasteiger partial charge is 0.335 e. The third-order valence-electron chi connectivity index (χ3n) is 9.31. The SMILES string of the molecule is O=C(O)c1ccc(N(Cc2ccc(C3CCCCC3)nc2)C(=O)[C@]2(OCc3ccccc3)CCN2S(=O)(=O)c2c(F)c(F)c(F)c(F)c2F)cc1. The molecule has 268 valence electrons. The van der Waals surface area contributed by atoms with Crippen LogP contribution in [0, 0.1) is 29.1 Å². The maximum Gasteiger partial charge on any atom is 0.335 e. The van der Waals surface area contributed by atoms with Crippen molar-refractivity contribution < 1.29 is 49.8 Å². The lowest BCUT2D eigenvalue weighted by molar-refractivity contribution is -0.194. The predicted octanol–water partition coefficient (Wildman–Crippen LogP) is 7.06. The summed E-state index contributed by atoms with van der Waals surface area (Å²) in [6.45, 7) is -1.21. The molecule has 6 rings (SSSR count). The van der Waals surface area contributed by atoms with E-state index in [1.54, 1.807) is 42.6 Å². The summed E-state index contributed by atoms with van der Waals surface area (Å²) in [6, 6.07) is 16.9. The van der Waals surface area contributed by atoms with Gasteiger partial charge in [-0.2, -0.15) is 4.31 Å². The molecule has 2 aliphatic rings. The molecule has 2 heterocycles. The number of amides is 1. The molecule has 0 unspecified atom stereocenters. The van der Waals surface area contributed by atoms with E-state index < -0.39 is 68.2 Å². The maximum atomic E-state index is 15.0. The van der Waals surface area contributed by atoms with E-state index >= 15 is 0 Å². The molecule has 2 fully saturated rings. The van der Waals surface area contributed by atoms with Crippen LogP contribution in [0.4, 0.5) is 27.6 Å². The van der Waals surface area contributed by atoms with Gasteiger partial charge in [-0.1, -0.05) is 55.7 Å². The van der Waals surface area contributed by atoms with Crippen LogP contribution in [-0.4, -0.2) is 47.0 Å². The van der Waals surface area contributed by atoms with Gasteiger partial charge in [0.25, 0.3) is 15.9 Å². The molecule has 1 aliphatic carbocycles. The molecule has 1 saturated heterocycles. The van der Waals surface area contributed by atoms with Crippen molar-refractivity contribution in [3.05, 3.63) is 124 Å². The molecule has 4 aromatic rings. The zero-order chi connectivity index (χ0) is 36.5. The topological polar surface area (TPSA) is 117 Å². The minimum Gasteiger partial charge on any atom is -0.478 e. The number of carboxylic acid groups (broad SMARTS) is 1. The van der Waals surface area contributed by atoms with Gasteiger partial charge in [0.15, 0.2) is 28.2 Å². The predicted molar refractivity (Wildman–Crippen MR) is 173 cm³/mol. The number of nitrogens with zero attached hydrogens (tertiary/aromatic N) is 3. The first-order valence-corrected chi connectivity index (χ1v) is 17.6. The highest BCUT2D eigenvalue weighted by Crippen LogP contribution is 2.43. The average molecular weight is 730 g/mol. The van der Waals surface area contributed by atoms with Crippen molar-refractivity contribution in [2.24, 2.45) is 0 Å². The molecule has 15 heteroatoms. The average Bonchev–Trinajstić information content (AvgIpc) is 3.12. The summed E-state index contributed by atoms with van der Waals surface area (Å²) < 4.78 is 107. The van der Waals surface area contributed by atoms with E-state index in [2.05, 4.69) is 4.98 Å². The first-order chi connectivity index (χ1) is 24.3. The first kappa shape index (κ1) is 36.1. The molecular formula is C36H32F5N3O6S. The highest BCUT2D eigenvalue weighted by atomic mass is 32.2. The first-order valence-electron chi connectivity index (χ1n) is 16.2. The quantitative estimate of drug-likeness (QED) is 0.0998. The summed E-state index contributed by atoms with van der Waals surface area (Å²) >= 11 is 0. The van der Waals surface area contributed by atoms with Gasteiger partial charge in [0, 0.05) is 36.5 Å². The zero-order valence-electron chi connectivity index (χ0n) is 27.0. The molecule has 0 bridgehead atoms. The molecule has 0 spiro atoms. The van der Waals surface area contributed by atoms with Crippen LogP contribution in [0.5, 0.6) is 0 Å². The van der Waals surface area contributed by atoms with Gasteiger partial charge in [-0.05, 0) is 54.3 Å². The molecule has 3 aromatic carbocycles. The third kappa shape index (κ3) is 6.85. The fraction of sp³-hybridized carbons (Fsp3) is 0.306. The Morgan fingerprint density at radius 1 is 0.843 bits per heavy atom. The molecule has 9 nitrogen and oxygen atoms in total. The standard InChI is InChI=1S/C36H32F5N3O6S/c37-28-29(38)31(40)33(32(41)30(28)39)51(48,49)44-18-17-36(44,50-21-22-7-3-1-4-8-22)35(47)43(26-14-12-25(13-15-26)34(45)46)20-23-11-16-27(42-19-23)24-9-5-2-6-10-24/h1,3-4,7-8,11-16,19,24H,2,5-6,9-10,17-18,20-21H2,(H,45,46)/t36-/m1/s1. The van der Waals surface area contributed by atoms with E-state index in [-0.39, 0.29) is 41.0 Å². The van der Waals surface area contributed by atoms with Crippen LogP contribution in [0.3, 0.4) is 0 Å². The fourth-order valence-corrected chi connectivity index (χ4v) is 8.26. The Balaban J connectivity index is 1.43. The maximum absolute atomic E-state index is 15.0. The lowest BCUT2D eigenvalue weighted by Crippen LogP contribution is -2.70. The number of sulfonamides is 1. The van der Waals surface area contributed by atoms with Crippen LogP contribution in [0.1, 0.15) is 71.6 Å². The number of anilines is 1. The Kier molecular flexibility index (Phi) is 10.2. The fourth-order valence-electron chi connectivity index (χ4n) is 6.47. The monoisotopic (exact) mass is 729 g/mol. The van der Waals surface area contributed by atoms with Gasteiger partial charge in [0.2, 0.25) is 11.5 Å². The molecule has 1 aliphatic heterocycles. The third-order valence-corrected chi connectivity index (χ3v) is 11.2. The molecule has 0 radical (unpaired) electrons. The van der Waals surface area contributed by atoms with E-state index in [9.17, 15) is 45.1 Å². The minimum absolute atomic E-state index is 0.101. The van der Waals surface area contributed by atoms with Crippen LogP contribution < -0.4 is 4.90 Å². The summed E-state index contributed by atoms with van der Waals surface area (Å²) in [7, 11) is -5.63. The van der Waals surface area contributed by atoms with Crippen LogP contribution >= 0.6 is 0 Å². The number of aromatic carboxylic acids is 1. The number of rotatable bonds is 11. The van der Waals surface area contributed by atoms with Crippen molar-refractivity contribution in [1.29, 1.82) is 0 Å². The van der Waals surface area contributed by atoms with Gasteiger partial charge >= 0.3 is 5.97 Å². The lowest BCUT2D eigenvalue weighted by atomic mass is 9.86. The van der Waals surface area contributed by atoms with E-state index in [1.165, 1.54) is 24.3 Å². The molecule has 1 atom stereocenters. The summed E-state index contributed by atoms with van der Waals surface area (Å²) in [5.74, 6) is -14.7. The second-order valence-corrected chi connectivity index (χ2v) is 14.3. The second kappa shape index (κ2) is 14.5. The number of aromatic nitrogens is 1. The van der Waals surface area contributed by atoms with Crippen molar-refractivity contribution in [2.45, 2.75) is 68.2 Å². The zero-order valence-corrected chi connectivity index (χ0v) is 27.8. The van der Waals surface area contributed by atoms with Gasteiger partial charge in [-0.15, -0.1) is 0 Å². The lowest BCUT2D eigenvalue weighted by Gasteiger charge is -2.50. The number of ether oxygens (including phenoxy) is 1. The Morgan fingerprint density at radius 2 is 1.47 bits per heavy atom. The Bertz CT molecular complexity index is 2020. The van der Waals surface area contributed by atoms with Gasteiger partial charge < -0.3 is 14.7 Å². The molecule has 1 N–H and O–H groups in total. The van der Waals surface area contributed by atoms with E-state index in [4.69, 9.17) is 4.74 Å². The summed E-state index contributed by atoms with van der Waals surface area (Å²) in [6.07, 6.45) is 6.49. The summed E-state index contributed by atoms with van der Waals surface area (Å²) in [5.41, 5.74) is -0.690. The van der Waals surface area contributed by atoms with Crippen molar-refractivity contribution in [3.63, 3.8) is 0 Å². The molecule has 1 aromatic heterocycles. The number of carboxylic acids is 1. The highest BCUT2D eigenvalue weighted by molar-refractivity contribution is 7.89. The summed E-state index contributed by atoms with van der Waals surface area (Å²) in [4.78, 5) is 30.0. The number of hydrogen-bond donors (Lipinski definition) is 1. The van der Waals surface area contributed by atoms with Crippen LogP contribution in [-0.2, 0) is 32.7 Å². The Hall–Kier alpha value is -4.73. The highest BCUT2D eigenvalue weighted by Gasteiger charge is 2.61. The minimum atomic E-state index is -5.63. The number of hydrogen-bond acceptors (Lipinski definition) is 6. The Labute approximate surface area is 290 Å². The van der Waals surface area contributed by atoms with Crippen molar-refractivity contribution in [2.75, 3.05) is 11.4 Å². The number of pyridine rings is 1. The second-order valence-electron chi connectivity index (χ2n) is 12.5. The molecule has 1 saturated carbocycles. The van der Waals surface area contributed by atoms with E-state index in [0.29, 0.717) is 11.1 Å². The number of carbonyl (C=O) groups excluding carboxylic acids is 1. The largest absolute Gasteiger partial charge is 0.478 e. The van der Waals surface area contributed by atoms with Crippen molar-refractivity contribution in [1.82, 2.24) is 9.29 Å². The van der Waals surface area contributed by atoms with Gasteiger partial charge in [-0.25, -0.2) is 35.2 Å². The molecule has 51 heavy (non-hydrogen) atoms. The van der Waals surface area contributed by atoms with Crippen LogP contribution in [0.25, 0.3) is 0 Å². The number of carbonyl (C=O) groups is 2. The van der Waals surface area contributed by atoms with E-state index in [1.807, 2.05) is 6.07 Å². The number of benzene rings is 3. The molecular weight excluding hydrogens is 697 g/mol. The van der Waals surface area contributed by atoms with Crippen LogP contribution in [0.15, 0.2) is 77.8 Å². The van der Waals surface area contributed by atoms with Gasteiger partial charge in [-0.3, -0.25) is 9.78 Å². The van der Waals surface area contributed by atoms with Crippen molar-refractivity contribution in [3.8, 4) is 0 Å². The van der Waals surface area contributed by atoms with Crippen LogP contribution in [0.2, 0.25) is 0 Å². The number of halogens is 5. The van der Waals surface area contributed by atoms with Gasteiger partial charge in [0.05, 0.1) is 18.7 Å². The Morgan fingerprint density at radius 3 is 2.02 bits per heavy atom. The van der Waals surface area contributed by atoms with Crippen molar-refractivity contribution >= 4 is 27.6 Å².